The van der Waals surface area contributed by atoms with E-state index in [2.05, 4.69) is 20.8 Å². The normalized spacial score (nSPS) is 11.7. The number of aryl methyl sites for hydroxylation is 1. The predicted octanol–water partition coefficient (Wildman–Crippen LogP) is 3.05. The van der Waals surface area contributed by atoms with Crippen LogP contribution in [0.4, 0.5) is 0 Å². The van der Waals surface area contributed by atoms with Crippen LogP contribution in [-0.2, 0) is 5.41 Å². The fraction of sp³-hybridized carbons (Fsp3) is 0.500. The summed E-state index contributed by atoms with van der Waals surface area (Å²) in [5.74, 6) is -0.821. The van der Waals surface area contributed by atoms with Gasteiger partial charge in [-0.05, 0) is 24.0 Å². The first-order chi connectivity index (χ1) is 5.82. The van der Waals surface area contributed by atoms with Crippen LogP contribution in [0.15, 0.2) is 6.07 Å². The first kappa shape index (κ1) is 10.3. The molecule has 0 aliphatic carbocycles. The van der Waals surface area contributed by atoms with Gasteiger partial charge in [0.2, 0.25) is 0 Å². The number of carboxylic acid groups (broad SMARTS) is 1. The Balaban J connectivity index is 3.17. The highest BCUT2D eigenvalue weighted by atomic mass is 32.1. The molecule has 0 fully saturated rings. The van der Waals surface area contributed by atoms with Crippen LogP contribution in [0, 0.1) is 6.92 Å². The first-order valence-electron chi connectivity index (χ1n) is 4.16. The molecule has 0 aromatic carbocycles. The Morgan fingerprint density at radius 3 is 2.23 bits per heavy atom. The quantitative estimate of drug-likeness (QED) is 0.753. The van der Waals surface area contributed by atoms with E-state index < -0.39 is 5.97 Å². The molecule has 1 heterocycles. The molecule has 3 heteroatoms. The Bertz CT molecular complexity index is 331. The summed E-state index contributed by atoms with van der Waals surface area (Å²) in [6.45, 7) is 8.10. The molecule has 1 aromatic rings. The molecule has 0 radical (unpaired) electrons. The zero-order chi connectivity index (χ0) is 10.2. The van der Waals surface area contributed by atoms with Crippen LogP contribution < -0.4 is 0 Å². The highest BCUT2D eigenvalue weighted by molar-refractivity contribution is 7.14. The third-order valence-electron chi connectivity index (χ3n) is 1.85. The maximum atomic E-state index is 10.8. The highest BCUT2D eigenvalue weighted by Gasteiger charge is 2.20. The van der Waals surface area contributed by atoms with Crippen molar-refractivity contribution in [1.29, 1.82) is 0 Å². The zero-order valence-corrected chi connectivity index (χ0v) is 9.16. The van der Waals surface area contributed by atoms with E-state index in [0.29, 0.717) is 4.88 Å². The Hall–Kier alpha value is -0.830. The Labute approximate surface area is 82.2 Å². The Morgan fingerprint density at radius 1 is 1.46 bits per heavy atom. The molecule has 0 saturated heterocycles. The lowest BCUT2D eigenvalue weighted by Gasteiger charge is -2.15. The second-order valence-corrected chi connectivity index (χ2v) is 5.23. The van der Waals surface area contributed by atoms with Gasteiger partial charge < -0.3 is 5.11 Å². The largest absolute Gasteiger partial charge is 0.477 e. The minimum Gasteiger partial charge on any atom is -0.477 e. The molecule has 72 valence electrons. The number of carboxylic acids is 1. The number of hydrogen-bond acceptors (Lipinski definition) is 2. The van der Waals surface area contributed by atoms with Gasteiger partial charge in [-0.3, -0.25) is 0 Å². The Kier molecular flexibility index (Phi) is 2.48. The lowest BCUT2D eigenvalue weighted by Crippen LogP contribution is -2.07. The lowest BCUT2D eigenvalue weighted by molar-refractivity contribution is 0.0701. The zero-order valence-electron chi connectivity index (χ0n) is 8.34. The Morgan fingerprint density at radius 2 is 2.00 bits per heavy atom. The van der Waals surface area contributed by atoms with Gasteiger partial charge in [-0.15, -0.1) is 11.3 Å². The number of thiophene rings is 1. The summed E-state index contributed by atoms with van der Waals surface area (Å²) < 4.78 is 0. The lowest BCUT2D eigenvalue weighted by atomic mass is 9.94. The fourth-order valence-corrected chi connectivity index (χ4v) is 2.13. The minimum absolute atomic E-state index is 0.0448. The van der Waals surface area contributed by atoms with Crippen molar-refractivity contribution >= 4 is 17.3 Å². The molecule has 1 N–H and O–H groups in total. The second kappa shape index (κ2) is 3.14. The topological polar surface area (TPSA) is 37.3 Å². The van der Waals surface area contributed by atoms with Crippen molar-refractivity contribution in [3.63, 3.8) is 0 Å². The summed E-state index contributed by atoms with van der Waals surface area (Å²) >= 11 is 1.37. The van der Waals surface area contributed by atoms with Crippen LogP contribution in [0.25, 0.3) is 0 Å². The molecule has 1 aromatic heterocycles. The number of rotatable bonds is 1. The average molecular weight is 198 g/mol. The van der Waals surface area contributed by atoms with Crippen molar-refractivity contribution in [2.24, 2.45) is 0 Å². The number of hydrogen-bond donors (Lipinski definition) is 1. The van der Waals surface area contributed by atoms with Crippen LogP contribution in [0.3, 0.4) is 0 Å². The molecule has 13 heavy (non-hydrogen) atoms. The maximum Gasteiger partial charge on any atom is 0.346 e. The summed E-state index contributed by atoms with van der Waals surface area (Å²) in [5, 5.41) is 8.86. The molecular formula is C10H14O2S. The van der Waals surface area contributed by atoms with Crippen LogP contribution in [0.5, 0.6) is 0 Å². The van der Waals surface area contributed by atoms with Gasteiger partial charge in [0.25, 0.3) is 0 Å². The van der Waals surface area contributed by atoms with E-state index in [1.165, 1.54) is 11.3 Å². The van der Waals surface area contributed by atoms with Gasteiger partial charge in [0.1, 0.15) is 4.88 Å². The average Bonchev–Trinajstić information content (AvgIpc) is 2.29. The molecule has 0 aliphatic rings. The van der Waals surface area contributed by atoms with Crippen molar-refractivity contribution in [3.05, 3.63) is 21.4 Å². The molecular weight excluding hydrogens is 184 g/mol. The van der Waals surface area contributed by atoms with Crippen LogP contribution in [-0.4, -0.2) is 11.1 Å². The van der Waals surface area contributed by atoms with Gasteiger partial charge in [-0.25, -0.2) is 4.79 Å². The van der Waals surface area contributed by atoms with Gasteiger partial charge in [0.05, 0.1) is 0 Å². The second-order valence-electron chi connectivity index (χ2n) is 4.18. The SMILES string of the molecule is Cc1cc(C(C)(C)C)sc1C(=O)O. The number of aromatic carboxylic acids is 1. The van der Waals surface area contributed by atoms with Gasteiger partial charge in [0.15, 0.2) is 0 Å². The van der Waals surface area contributed by atoms with E-state index in [0.717, 1.165) is 10.4 Å². The smallest absolute Gasteiger partial charge is 0.346 e. The van der Waals surface area contributed by atoms with Gasteiger partial charge in [0, 0.05) is 4.88 Å². The molecule has 0 spiro atoms. The third-order valence-corrected chi connectivity index (χ3v) is 3.50. The van der Waals surface area contributed by atoms with Gasteiger partial charge in [-0.2, -0.15) is 0 Å². The van der Waals surface area contributed by atoms with Crippen molar-refractivity contribution in [1.82, 2.24) is 0 Å². The number of carbonyl (C=O) groups is 1. The highest BCUT2D eigenvalue weighted by Crippen LogP contribution is 2.31. The van der Waals surface area contributed by atoms with Gasteiger partial charge in [-0.1, -0.05) is 20.8 Å². The summed E-state index contributed by atoms with van der Waals surface area (Å²) in [6, 6.07) is 1.97. The molecule has 0 unspecified atom stereocenters. The summed E-state index contributed by atoms with van der Waals surface area (Å²) in [4.78, 5) is 12.4. The molecule has 0 atom stereocenters. The van der Waals surface area contributed by atoms with E-state index in [1.807, 2.05) is 13.0 Å². The molecule has 0 bridgehead atoms. The van der Waals surface area contributed by atoms with Crippen LogP contribution in [0.2, 0.25) is 0 Å². The van der Waals surface area contributed by atoms with E-state index in [9.17, 15) is 4.79 Å². The summed E-state index contributed by atoms with van der Waals surface area (Å²) in [6.07, 6.45) is 0. The monoisotopic (exact) mass is 198 g/mol. The first-order valence-corrected chi connectivity index (χ1v) is 4.98. The molecule has 0 saturated carbocycles. The van der Waals surface area contributed by atoms with E-state index in [-0.39, 0.29) is 5.41 Å². The maximum absolute atomic E-state index is 10.8. The summed E-state index contributed by atoms with van der Waals surface area (Å²) in [5.41, 5.74) is 0.908. The van der Waals surface area contributed by atoms with Gasteiger partial charge >= 0.3 is 5.97 Å². The molecule has 2 nitrogen and oxygen atoms in total. The molecule has 1 rings (SSSR count). The van der Waals surface area contributed by atoms with Crippen LogP contribution >= 0.6 is 11.3 Å². The molecule has 0 aliphatic heterocycles. The predicted molar refractivity (Wildman–Crippen MR) is 54.7 cm³/mol. The van der Waals surface area contributed by atoms with Crippen molar-refractivity contribution in [2.45, 2.75) is 33.1 Å². The van der Waals surface area contributed by atoms with Crippen LogP contribution in [0.1, 0.15) is 40.9 Å². The van der Waals surface area contributed by atoms with E-state index in [4.69, 9.17) is 5.11 Å². The van der Waals surface area contributed by atoms with Crippen molar-refractivity contribution in [2.75, 3.05) is 0 Å². The standard InChI is InChI=1S/C10H14O2S/c1-6-5-7(10(2,3)4)13-8(6)9(11)12/h5H,1-4H3,(H,11,12). The third kappa shape index (κ3) is 2.10. The van der Waals surface area contributed by atoms with Crippen molar-refractivity contribution in [3.8, 4) is 0 Å². The summed E-state index contributed by atoms with van der Waals surface area (Å²) in [7, 11) is 0. The van der Waals surface area contributed by atoms with E-state index in [1.54, 1.807) is 0 Å². The minimum atomic E-state index is -0.821. The fourth-order valence-electron chi connectivity index (χ4n) is 1.06. The molecule has 0 amide bonds. The van der Waals surface area contributed by atoms with Crippen molar-refractivity contribution < 1.29 is 9.90 Å². The van der Waals surface area contributed by atoms with E-state index >= 15 is 0 Å².